The number of hydrogen-bond donors (Lipinski definition) is 4. The number of nitrogens with two attached hydrogens (primary N) is 2. The Kier molecular flexibility index (Phi) is 3.09. The third-order valence-corrected chi connectivity index (χ3v) is 2.94. The highest BCUT2D eigenvalue weighted by molar-refractivity contribution is 5.50. The molecule has 6 nitrogen and oxygen atoms in total. The largest absolute Gasteiger partial charge is 0.368 e. The number of nitrogens with one attached hydrogen (secondary N) is 2. The van der Waals surface area contributed by atoms with Gasteiger partial charge in [-0.05, 0) is 25.2 Å². The van der Waals surface area contributed by atoms with Crippen molar-refractivity contribution in [2.75, 3.05) is 16.5 Å². The van der Waals surface area contributed by atoms with Crippen molar-refractivity contribution in [2.45, 2.75) is 32.2 Å². The maximum atomic E-state index is 5.58. The van der Waals surface area contributed by atoms with Crippen molar-refractivity contribution in [3.63, 3.8) is 0 Å². The van der Waals surface area contributed by atoms with E-state index in [1.54, 1.807) is 6.07 Å². The van der Waals surface area contributed by atoms with Crippen LogP contribution < -0.4 is 22.3 Å². The summed E-state index contributed by atoms with van der Waals surface area (Å²) in [6.45, 7) is 2.27. The van der Waals surface area contributed by atoms with Crippen LogP contribution in [-0.2, 0) is 0 Å². The summed E-state index contributed by atoms with van der Waals surface area (Å²) in [6, 6.07) is 2.24. The number of hydrogen-bond acceptors (Lipinski definition) is 6. The van der Waals surface area contributed by atoms with Gasteiger partial charge in [0.25, 0.3) is 0 Å². The van der Waals surface area contributed by atoms with Crippen LogP contribution in [0.2, 0.25) is 0 Å². The Morgan fingerprint density at radius 3 is 2.69 bits per heavy atom. The van der Waals surface area contributed by atoms with E-state index in [1.807, 2.05) is 0 Å². The van der Waals surface area contributed by atoms with E-state index in [2.05, 4.69) is 27.6 Å². The molecule has 2 atom stereocenters. The van der Waals surface area contributed by atoms with Crippen molar-refractivity contribution < 1.29 is 0 Å². The molecule has 6 heteroatoms. The number of nitrogen functional groups attached to an aromatic ring is 2. The molecule has 1 saturated carbocycles. The van der Waals surface area contributed by atoms with Crippen molar-refractivity contribution in [2.24, 2.45) is 11.8 Å². The maximum Gasteiger partial charge on any atom is 0.223 e. The fourth-order valence-electron chi connectivity index (χ4n) is 2.16. The van der Waals surface area contributed by atoms with Gasteiger partial charge in [0.05, 0.1) is 0 Å². The van der Waals surface area contributed by atoms with Gasteiger partial charge in [-0.15, -0.1) is 0 Å². The Morgan fingerprint density at radius 2 is 2.06 bits per heavy atom. The standard InChI is InChI=1S/C10H18N6/c1-6-2-3-7(4-6)13-8-5-9(16-12)15-10(11)14-8/h5-7H,2-4,12H2,1H3,(H4,11,13,14,15,16). The SMILES string of the molecule is CC1CCC(Nc2cc(NN)nc(N)n2)C1. The number of aromatic nitrogens is 2. The molecule has 16 heavy (non-hydrogen) atoms. The summed E-state index contributed by atoms with van der Waals surface area (Å²) in [5.41, 5.74) is 8.05. The first-order chi connectivity index (χ1) is 7.67. The predicted molar refractivity (Wildman–Crippen MR) is 64.7 cm³/mol. The van der Waals surface area contributed by atoms with Crippen molar-refractivity contribution in [3.8, 4) is 0 Å². The first kappa shape index (κ1) is 10.9. The molecule has 0 amide bonds. The van der Waals surface area contributed by atoms with Gasteiger partial charge < -0.3 is 16.5 Å². The Labute approximate surface area is 94.8 Å². The summed E-state index contributed by atoms with van der Waals surface area (Å²) in [7, 11) is 0. The lowest BCUT2D eigenvalue weighted by molar-refractivity contribution is 0.602. The number of hydrazine groups is 1. The minimum Gasteiger partial charge on any atom is -0.368 e. The van der Waals surface area contributed by atoms with Crippen LogP contribution in [0.15, 0.2) is 6.07 Å². The molecular weight excluding hydrogens is 204 g/mol. The van der Waals surface area contributed by atoms with E-state index in [0.717, 1.165) is 11.7 Å². The molecule has 6 N–H and O–H groups in total. The summed E-state index contributed by atoms with van der Waals surface area (Å²) in [5, 5.41) is 3.36. The van der Waals surface area contributed by atoms with Crippen LogP contribution >= 0.6 is 0 Å². The zero-order valence-electron chi connectivity index (χ0n) is 9.40. The van der Waals surface area contributed by atoms with Crippen LogP contribution in [0.1, 0.15) is 26.2 Å². The summed E-state index contributed by atoms with van der Waals surface area (Å²) in [6.07, 6.45) is 3.62. The highest BCUT2D eigenvalue weighted by atomic mass is 15.3. The molecular formula is C10H18N6. The van der Waals surface area contributed by atoms with Gasteiger partial charge in [0.1, 0.15) is 11.6 Å². The van der Waals surface area contributed by atoms with E-state index in [4.69, 9.17) is 11.6 Å². The third kappa shape index (κ3) is 2.52. The maximum absolute atomic E-state index is 5.58. The second kappa shape index (κ2) is 4.52. The van der Waals surface area contributed by atoms with Crippen molar-refractivity contribution in [3.05, 3.63) is 6.07 Å². The van der Waals surface area contributed by atoms with Crippen LogP contribution in [0, 0.1) is 5.92 Å². The normalized spacial score (nSPS) is 24.4. The van der Waals surface area contributed by atoms with Gasteiger partial charge in [0.15, 0.2) is 0 Å². The first-order valence-electron chi connectivity index (χ1n) is 5.55. The van der Waals surface area contributed by atoms with Crippen LogP contribution in [-0.4, -0.2) is 16.0 Å². The molecule has 0 aromatic carbocycles. The predicted octanol–water partition coefficient (Wildman–Crippen LogP) is 0.945. The zero-order valence-corrected chi connectivity index (χ0v) is 9.40. The molecule has 1 aliphatic rings. The minimum atomic E-state index is 0.226. The van der Waals surface area contributed by atoms with E-state index in [1.165, 1.54) is 19.3 Å². The smallest absolute Gasteiger partial charge is 0.223 e. The van der Waals surface area contributed by atoms with Gasteiger partial charge in [-0.2, -0.15) is 9.97 Å². The van der Waals surface area contributed by atoms with Crippen molar-refractivity contribution in [1.29, 1.82) is 0 Å². The van der Waals surface area contributed by atoms with E-state index in [0.29, 0.717) is 11.9 Å². The van der Waals surface area contributed by atoms with Crippen LogP contribution in [0.5, 0.6) is 0 Å². The Morgan fingerprint density at radius 1 is 1.31 bits per heavy atom. The molecule has 0 aliphatic heterocycles. The van der Waals surface area contributed by atoms with Gasteiger partial charge in [0.2, 0.25) is 5.95 Å². The highest BCUT2D eigenvalue weighted by Gasteiger charge is 2.21. The molecule has 0 bridgehead atoms. The van der Waals surface area contributed by atoms with Crippen LogP contribution in [0.3, 0.4) is 0 Å². The number of nitrogens with zero attached hydrogens (tertiary/aromatic N) is 2. The topological polar surface area (TPSA) is 102 Å². The van der Waals surface area contributed by atoms with Gasteiger partial charge in [-0.1, -0.05) is 6.92 Å². The second-order valence-electron chi connectivity index (χ2n) is 4.40. The fraction of sp³-hybridized carbons (Fsp3) is 0.600. The molecule has 0 saturated heterocycles. The van der Waals surface area contributed by atoms with Crippen LogP contribution in [0.25, 0.3) is 0 Å². The summed E-state index contributed by atoms with van der Waals surface area (Å²) >= 11 is 0. The van der Waals surface area contributed by atoms with Gasteiger partial charge in [-0.3, -0.25) is 0 Å². The molecule has 0 spiro atoms. The molecule has 1 fully saturated rings. The Balaban J connectivity index is 2.06. The quantitative estimate of drug-likeness (QED) is 0.448. The average molecular weight is 222 g/mol. The van der Waals surface area contributed by atoms with Crippen molar-refractivity contribution >= 4 is 17.6 Å². The first-order valence-corrected chi connectivity index (χ1v) is 5.55. The molecule has 0 radical (unpaired) electrons. The lowest BCUT2D eigenvalue weighted by atomic mass is 10.1. The van der Waals surface area contributed by atoms with E-state index >= 15 is 0 Å². The second-order valence-corrected chi connectivity index (χ2v) is 4.40. The summed E-state index contributed by atoms with van der Waals surface area (Å²) in [4.78, 5) is 8.06. The van der Waals surface area contributed by atoms with Crippen LogP contribution in [0.4, 0.5) is 17.6 Å². The monoisotopic (exact) mass is 222 g/mol. The van der Waals surface area contributed by atoms with E-state index in [-0.39, 0.29) is 5.95 Å². The number of rotatable bonds is 3. The van der Waals surface area contributed by atoms with E-state index < -0.39 is 0 Å². The molecule has 1 aromatic rings. The number of anilines is 3. The molecule has 1 aliphatic carbocycles. The molecule has 2 rings (SSSR count). The Bertz CT molecular complexity index is 366. The van der Waals surface area contributed by atoms with Crippen molar-refractivity contribution in [1.82, 2.24) is 9.97 Å². The zero-order chi connectivity index (χ0) is 11.5. The summed E-state index contributed by atoms with van der Waals surface area (Å²) in [5.74, 6) is 7.57. The van der Waals surface area contributed by atoms with Gasteiger partial charge in [-0.25, -0.2) is 5.84 Å². The minimum absolute atomic E-state index is 0.226. The van der Waals surface area contributed by atoms with Gasteiger partial charge in [0, 0.05) is 12.1 Å². The molecule has 88 valence electrons. The lowest BCUT2D eigenvalue weighted by Gasteiger charge is -2.13. The van der Waals surface area contributed by atoms with Gasteiger partial charge >= 0.3 is 0 Å². The molecule has 1 aromatic heterocycles. The van der Waals surface area contributed by atoms with E-state index in [9.17, 15) is 0 Å². The molecule has 1 heterocycles. The average Bonchev–Trinajstić information content (AvgIpc) is 2.63. The molecule has 2 unspecified atom stereocenters. The third-order valence-electron chi connectivity index (χ3n) is 2.94. The highest BCUT2D eigenvalue weighted by Crippen LogP contribution is 2.27. The summed E-state index contributed by atoms with van der Waals surface area (Å²) < 4.78 is 0. The lowest BCUT2D eigenvalue weighted by Crippen LogP contribution is -2.18. The fourth-order valence-corrected chi connectivity index (χ4v) is 2.16. The Hall–Kier alpha value is -1.56.